The molecule has 0 aliphatic heterocycles. The summed E-state index contributed by atoms with van der Waals surface area (Å²) in [7, 11) is 0. The highest BCUT2D eigenvalue weighted by molar-refractivity contribution is 9.10. The highest BCUT2D eigenvalue weighted by atomic mass is 79.9. The third-order valence-corrected chi connectivity index (χ3v) is 4.21. The van der Waals surface area contributed by atoms with Crippen molar-refractivity contribution >= 4 is 38.6 Å². The van der Waals surface area contributed by atoms with Gasteiger partial charge in [-0.05, 0) is 52.7 Å². The van der Waals surface area contributed by atoms with E-state index in [1.807, 2.05) is 29.7 Å². The van der Waals surface area contributed by atoms with E-state index in [-0.39, 0.29) is 5.82 Å². The van der Waals surface area contributed by atoms with Gasteiger partial charge in [0, 0.05) is 22.8 Å². The maximum atomic E-state index is 13.6. The van der Waals surface area contributed by atoms with Crippen molar-refractivity contribution in [1.29, 1.82) is 0 Å². The van der Waals surface area contributed by atoms with Crippen molar-refractivity contribution in [3.63, 3.8) is 0 Å². The van der Waals surface area contributed by atoms with Crippen LogP contribution < -0.4 is 0 Å². The van der Waals surface area contributed by atoms with Crippen LogP contribution in [0.2, 0.25) is 0 Å². The molecule has 0 aliphatic carbocycles. The van der Waals surface area contributed by atoms with Crippen LogP contribution in [-0.4, -0.2) is 15.4 Å². The normalized spacial score (nSPS) is 11.2. The third kappa shape index (κ3) is 2.70. The number of halogens is 3. The summed E-state index contributed by atoms with van der Waals surface area (Å²) in [5, 5.41) is 0. The van der Waals surface area contributed by atoms with Gasteiger partial charge >= 0.3 is 0 Å². The maximum Gasteiger partial charge on any atom is 0.125 e. The van der Waals surface area contributed by atoms with E-state index in [1.165, 1.54) is 12.1 Å². The molecule has 0 fully saturated rings. The van der Waals surface area contributed by atoms with Gasteiger partial charge in [0.05, 0.1) is 16.7 Å². The van der Waals surface area contributed by atoms with E-state index in [0.29, 0.717) is 12.3 Å². The molecule has 21 heavy (non-hydrogen) atoms. The second-order valence-electron chi connectivity index (χ2n) is 4.89. The Hall–Kier alpha value is -1.39. The molecular formula is C16H13BrClFN2. The summed E-state index contributed by atoms with van der Waals surface area (Å²) < 4.78 is 16.5. The van der Waals surface area contributed by atoms with Crippen LogP contribution in [0.3, 0.4) is 0 Å². The molecule has 3 rings (SSSR count). The van der Waals surface area contributed by atoms with E-state index in [0.717, 1.165) is 32.6 Å². The molecule has 5 heteroatoms. The van der Waals surface area contributed by atoms with Crippen molar-refractivity contribution in [3.05, 3.63) is 58.1 Å². The average Bonchev–Trinajstić information content (AvgIpc) is 2.79. The predicted molar refractivity (Wildman–Crippen MR) is 87.9 cm³/mol. The molecule has 0 bridgehead atoms. The lowest BCUT2D eigenvalue weighted by Gasteiger charge is -2.12. The Morgan fingerprint density at radius 1 is 1.24 bits per heavy atom. The fourth-order valence-electron chi connectivity index (χ4n) is 2.41. The van der Waals surface area contributed by atoms with Gasteiger partial charge in [-0.3, -0.25) is 4.57 Å². The second kappa shape index (κ2) is 5.78. The van der Waals surface area contributed by atoms with Crippen molar-refractivity contribution in [2.45, 2.75) is 13.3 Å². The number of nitrogens with zero attached hydrogens (tertiary/aromatic N) is 2. The number of aryl methyl sites for hydroxylation is 2. The zero-order valence-corrected chi connectivity index (χ0v) is 13.7. The van der Waals surface area contributed by atoms with E-state index < -0.39 is 0 Å². The summed E-state index contributed by atoms with van der Waals surface area (Å²) in [6.07, 6.45) is 0.623. The molecule has 0 N–H and O–H groups in total. The Kier molecular flexibility index (Phi) is 4.00. The van der Waals surface area contributed by atoms with Crippen LogP contribution in [0.1, 0.15) is 11.4 Å². The Labute approximate surface area is 135 Å². The smallest absolute Gasteiger partial charge is 0.125 e. The molecule has 0 unspecified atom stereocenters. The van der Waals surface area contributed by atoms with Crippen LogP contribution in [-0.2, 0) is 6.42 Å². The number of aromatic nitrogens is 2. The first kappa shape index (κ1) is 14.5. The first-order chi connectivity index (χ1) is 10.1. The van der Waals surface area contributed by atoms with Gasteiger partial charge in [0.15, 0.2) is 0 Å². The lowest BCUT2D eigenvalue weighted by atomic mass is 10.2. The number of alkyl halides is 1. The third-order valence-electron chi connectivity index (χ3n) is 3.35. The Morgan fingerprint density at radius 3 is 2.81 bits per heavy atom. The summed E-state index contributed by atoms with van der Waals surface area (Å²) in [6.45, 7) is 2.02. The maximum absolute atomic E-state index is 13.6. The topological polar surface area (TPSA) is 17.8 Å². The summed E-state index contributed by atoms with van der Waals surface area (Å²) >= 11 is 9.45. The summed E-state index contributed by atoms with van der Waals surface area (Å²) in [6, 6.07) is 10.7. The molecule has 0 amide bonds. The molecule has 0 saturated heterocycles. The first-order valence-corrected chi connectivity index (χ1v) is 7.92. The molecule has 0 spiro atoms. The van der Waals surface area contributed by atoms with Crippen LogP contribution >= 0.6 is 27.5 Å². The van der Waals surface area contributed by atoms with Crippen molar-refractivity contribution in [2.75, 3.05) is 5.88 Å². The van der Waals surface area contributed by atoms with Gasteiger partial charge in [0.1, 0.15) is 11.6 Å². The summed E-state index contributed by atoms with van der Waals surface area (Å²) in [5.41, 5.74) is 3.60. The minimum absolute atomic E-state index is 0.273. The van der Waals surface area contributed by atoms with Crippen LogP contribution in [0.4, 0.5) is 4.39 Å². The Balaban J connectivity index is 2.35. The molecule has 2 aromatic carbocycles. The van der Waals surface area contributed by atoms with Gasteiger partial charge < -0.3 is 0 Å². The Morgan fingerprint density at radius 2 is 2.05 bits per heavy atom. The molecule has 2 nitrogen and oxygen atoms in total. The Bertz CT molecular complexity index is 813. The SMILES string of the molecule is Cc1ccc(Br)c(-n2c(CCCl)nc3ccc(F)cc32)c1. The van der Waals surface area contributed by atoms with E-state index in [4.69, 9.17) is 11.6 Å². The monoisotopic (exact) mass is 366 g/mol. The zero-order chi connectivity index (χ0) is 15.0. The quantitative estimate of drug-likeness (QED) is 0.595. The fraction of sp³-hybridized carbons (Fsp3) is 0.188. The van der Waals surface area contributed by atoms with E-state index >= 15 is 0 Å². The lowest BCUT2D eigenvalue weighted by Crippen LogP contribution is -2.03. The van der Waals surface area contributed by atoms with Crippen LogP contribution in [0.25, 0.3) is 16.7 Å². The molecule has 0 radical (unpaired) electrons. The largest absolute Gasteiger partial charge is 0.295 e. The molecule has 108 valence electrons. The number of imidazole rings is 1. The number of benzene rings is 2. The zero-order valence-electron chi connectivity index (χ0n) is 11.4. The molecule has 0 aliphatic rings. The van der Waals surface area contributed by atoms with Gasteiger partial charge in [-0.2, -0.15) is 0 Å². The number of hydrogen-bond donors (Lipinski definition) is 0. The van der Waals surface area contributed by atoms with Crippen molar-refractivity contribution in [2.24, 2.45) is 0 Å². The standard InChI is InChI=1S/C16H13BrClFN2/c1-10-2-4-12(17)14(8-10)21-15-9-11(19)3-5-13(15)20-16(21)6-7-18/h2-5,8-9H,6-7H2,1H3. The number of hydrogen-bond acceptors (Lipinski definition) is 1. The minimum Gasteiger partial charge on any atom is -0.295 e. The van der Waals surface area contributed by atoms with Crippen molar-refractivity contribution in [1.82, 2.24) is 9.55 Å². The lowest BCUT2D eigenvalue weighted by molar-refractivity contribution is 0.629. The second-order valence-corrected chi connectivity index (χ2v) is 6.12. The van der Waals surface area contributed by atoms with Crippen LogP contribution in [0.5, 0.6) is 0 Å². The highest BCUT2D eigenvalue weighted by Gasteiger charge is 2.15. The minimum atomic E-state index is -0.273. The van der Waals surface area contributed by atoms with Crippen molar-refractivity contribution < 1.29 is 4.39 Å². The van der Waals surface area contributed by atoms with Crippen LogP contribution in [0, 0.1) is 12.7 Å². The van der Waals surface area contributed by atoms with Gasteiger partial charge in [-0.15, -0.1) is 11.6 Å². The summed E-state index contributed by atoms with van der Waals surface area (Å²) in [5.74, 6) is 1.02. The molecule has 3 aromatic rings. The predicted octanol–water partition coefficient (Wildman–Crippen LogP) is 5.02. The summed E-state index contributed by atoms with van der Waals surface area (Å²) in [4.78, 5) is 4.58. The first-order valence-electron chi connectivity index (χ1n) is 6.59. The molecule has 1 aromatic heterocycles. The van der Waals surface area contributed by atoms with Crippen LogP contribution in [0.15, 0.2) is 40.9 Å². The van der Waals surface area contributed by atoms with Gasteiger partial charge in [-0.25, -0.2) is 9.37 Å². The van der Waals surface area contributed by atoms with Gasteiger partial charge in [-0.1, -0.05) is 6.07 Å². The molecular weight excluding hydrogens is 355 g/mol. The van der Waals surface area contributed by atoms with Gasteiger partial charge in [0.25, 0.3) is 0 Å². The van der Waals surface area contributed by atoms with E-state index in [9.17, 15) is 4.39 Å². The number of fused-ring (bicyclic) bond motifs is 1. The average molecular weight is 368 g/mol. The van der Waals surface area contributed by atoms with Crippen molar-refractivity contribution in [3.8, 4) is 5.69 Å². The number of rotatable bonds is 3. The highest BCUT2D eigenvalue weighted by Crippen LogP contribution is 2.29. The van der Waals surface area contributed by atoms with E-state index in [1.54, 1.807) is 6.07 Å². The molecule has 0 saturated carbocycles. The van der Waals surface area contributed by atoms with Gasteiger partial charge in [0.2, 0.25) is 0 Å². The molecule has 0 atom stereocenters. The molecule has 1 heterocycles. The van der Waals surface area contributed by atoms with E-state index in [2.05, 4.69) is 20.9 Å². The fourth-order valence-corrected chi connectivity index (χ4v) is 3.01.